The Balaban J connectivity index is 1.41. The lowest BCUT2D eigenvalue weighted by Crippen LogP contribution is -2.55. The van der Waals surface area contributed by atoms with Gasteiger partial charge in [0.05, 0.1) is 6.61 Å². The van der Waals surface area contributed by atoms with Crippen molar-refractivity contribution in [2.45, 2.75) is 117 Å². The second-order valence-corrected chi connectivity index (χ2v) is 12.8. The zero-order valence-corrected chi connectivity index (χ0v) is 21.5. The second-order valence-electron chi connectivity index (χ2n) is 12.8. The van der Waals surface area contributed by atoms with Crippen molar-refractivity contribution in [1.29, 1.82) is 0 Å². The molecule has 0 aromatic heterocycles. The van der Waals surface area contributed by atoms with Crippen LogP contribution >= 0.6 is 0 Å². The Labute approximate surface area is 197 Å². The van der Waals surface area contributed by atoms with Crippen LogP contribution in [-0.4, -0.2) is 30.1 Å². The van der Waals surface area contributed by atoms with Crippen molar-refractivity contribution in [2.75, 3.05) is 13.2 Å². The van der Waals surface area contributed by atoms with Gasteiger partial charge in [0.1, 0.15) is 5.78 Å². The summed E-state index contributed by atoms with van der Waals surface area (Å²) in [5.74, 6) is 5.67. The molecule has 0 saturated heterocycles. The molecule has 0 aromatic carbocycles. The van der Waals surface area contributed by atoms with Crippen LogP contribution in [-0.2, 0) is 4.79 Å². The molecule has 9 atom stereocenters. The number of carbonyl (C=O) groups excluding carboxylic acids is 1. The summed E-state index contributed by atoms with van der Waals surface area (Å²) in [7, 11) is 0. The average Bonchev–Trinajstić information content (AvgIpc) is 3.13. The lowest BCUT2D eigenvalue weighted by Gasteiger charge is -2.61. The van der Waals surface area contributed by atoms with Crippen LogP contribution < -0.4 is 5.32 Å². The predicted octanol–water partition coefficient (Wildman–Crippen LogP) is 6.38. The number of aliphatic hydroxyl groups is 1. The summed E-state index contributed by atoms with van der Waals surface area (Å²) in [5.41, 5.74) is 1.05. The third-order valence-electron chi connectivity index (χ3n) is 11.4. The molecule has 2 N–H and O–H groups in total. The number of Topliss-reactive ketones (excluding diaryl/α,β-unsaturated/α-hetero) is 1. The first-order chi connectivity index (χ1) is 15.3. The Bertz CT molecular complexity index is 649. The van der Waals surface area contributed by atoms with Crippen LogP contribution in [0.25, 0.3) is 0 Å². The topological polar surface area (TPSA) is 49.3 Å². The van der Waals surface area contributed by atoms with Gasteiger partial charge in [-0.15, -0.1) is 0 Å². The van der Waals surface area contributed by atoms with Crippen LogP contribution in [0, 0.1) is 46.3 Å². The third-order valence-corrected chi connectivity index (χ3v) is 11.4. The first-order valence-corrected chi connectivity index (χ1v) is 14.2. The van der Waals surface area contributed by atoms with Gasteiger partial charge in [-0.3, -0.25) is 4.79 Å². The standard InChI is InChI=1S/C29H51NO2/c1-5-6-23(32)9-7-20(2)25-11-12-26-24-10-8-21-19-22(30-17-18-31)13-15-28(21,3)27(24)14-16-29(25,26)4/h20-22,24-27,30-31H,5-19H2,1-4H3/t20-,21?,22+,24?,25-,26?,27?,28+,29-/m1/s1. The second kappa shape index (κ2) is 10.1. The maximum atomic E-state index is 12.1. The first-order valence-electron chi connectivity index (χ1n) is 14.2. The summed E-state index contributed by atoms with van der Waals surface area (Å²) in [5, 5.41) is 12.8. The molecule has 0 bridgehead atoms. The van der Waals surface area contributed by atoms with Crippen LogP contribution in [0.3, 0.4) is 0 Å². The fraction of sp³-hybridized carbons (Fsp3) is 0.966. The van der Waals surface area contributed by atoms with E-state index in [2.05, 4.69) is 33.0 Å². The van der Waals surface area contributed by atoms with E-state index in [1.807, 2.05) is 0 Å². The molecule has 0 spiro atoms. The van der Waals surface area contributed by atoms with Gasteiger partial charge in [-0.05, 0) is 117 Å². The summed E-state index contributed by atoms with van der Waals surface area (Å²) in [6, 6.07) is 0.623. The van der Waals surface area contributed by atoms with Crippen molar-refractivity contribution >= 4 is 5.78 Å². The summed E-state index contributed by atoms with van der Waals surface area (Å²) in [6.07, 6.45) is 16.3. The third kappa shape index (κ3) is 4.47. The van der Waals surface area contributed by atoms with E-state index in [1.54, 1.807) is 0 Å². The number of rotatable bonds is 9. The molecular formula is C29H51NO2. The molecule has 184 valence electrons. The molecule has 0 aliphatic heterocycles. The molecule has 0 amide bonds. The minimum atomic E-state index is 0.260. The van der Waals surface area contributed by atoms with Crippen LogP contribution in [0.1, 0.15) is 111 Å². The van der Waals surface area contributed by atoms with E-state index >= 15 is 0 Å². The van der Waals surface area contributed by atoms with Gasteiger partial charge in [0.15, 0.2) is 0 Å². The number of aliphatic hydroxyl groups excluding tert-OH is 1. The molecule has 4 fully saturated rings. The van der Waals surface area contributed by atoms with Gasteiger partial charge in [0.2, 0.25) is 0 Å². The first kappa shape index (κ1) is 24.7. The van der Waals surface area contributed by atoms with Crippen molar-refractivity contribution in [3.05, 3.63) is 0 Å². The quantitative estimate of drug-likeness (QED) is 0.433. The van der Waals surface area contributed by atoms with Crippen LogP contribution in [0.5, 0.6) is 0 Å². The van der Waals surface area contributed by atoms with E-state index in [-0.39, 0.29) is 6.61 Å². The molecule has 0 radical (unpaired) electrons. The van der Waals surface area contributed by atoms with Gasteiger partial charge in [0, 0.05) is 25.4 Å². The SMILES string of the molecule is CCCC(=O)CC[C@@H](C)[C@H]1CCC2C3CCC4C[C@@H](NCCO)CC[C@]4(C)C3CC[C@@]21C. The fourth-order valence-corrected chi connectivity index (χ4v) is 9.68. The van der Waals surface area contributed by atoms with Gasteiger partial charge in [-0.25, -0.2) is 0 Å². The normalized spacial score (nSPS) is 44.4. The summed E-state index contributed by atoms with van der Waals surface area (Å²) >= 11 is 0. The lowest BCUT2D eigenvalue weighted by atomic mass is 9.44. The van der Waals surface area contributed by atoms with E-state index < -0.39 is 0 Å². The monoisotopic (exact) mass is 445 g/mol. The molecule has 32 heavy (non-hydrogen) atoms. The summed E-state index contributed by atoms with van der Waals surface area (Å²) < 4.78 is 0. The molecule has 3 heteroatoms. The number of carbonyl (C=O) groups is 1. The zero-order valence-electron chi connectivity index (χ0n) is 21.5. The Hall–Kier alpha value is -0.410. The van der Waals surface area contributed by atoms with Crippen molar-refractivity contribution in [3.8, 4) is 0 Å². The highest BCUT2D eigenvalue weighted by molar-refractivity contribution is 5.78. The molecule has 4 aliphatic carbocycles. The number of hydrogen-bond acceptors (Lipinski definition) is 3. The Morgan fingerprint density at radius 3 is 2.50 bits per heavy atom. The Kier molecular flexibility index (Phi) is 7.77. The molecule has 0 heterocycles. The Morgan fingerprint density at radius 2 is 1.75 bits per heavy atom. The van der Waals surface area contributed by atoms with Crippen LogP contribution in [0.4, 0.5) is 0 Å². The van der Waals surface area contributed by atoms with E-state index in [0.29, 0.717) is 28.6 Å². The van der Waals surface area contributed by atoms with Gasteiger partial charge in [-0.2, -0.15) is 0 Å². The lowest BCUT2D eigenvalue weighted by molar-refractivity contribution is -0.121. The summed E-state index contributed by atoms with van der Waals surface area (Å²) in [6.45, 7) is 10.9. The van der Waals surface area contributed by atoms with Gasteiger partial charge >= 0.3 is 0 Å². The molecule has 4 saturated carbocycles. The smallest absolute Gasteiger partial charge is 0.132 e. The van der Waals surface area contributed by atoms with Gasteiger partial charge in [-0.1, -0.05) is 27.7 Å². The van der Waals surface area contributed by atoms with Crippen molar-refractivity contribution in [2.24, 2.45) is 46.3 Å². The van der Waals surface area contributed by atoms with Crippen molar-refractivity contribution in [3.63, 3.8) is 0 Å². The number of fused-ring (bicyclic) bond motifs is 5. The molecule has 3 nitrogen and oxygen atoms in total. The number of nitrogens with one attached hydrogen (secondary N) is 1. The van der Waals surface area contributed by atoms with Gasteiger partial charge in [0.25, 0.3) is 0 Å². The molecular weight excluding hydrogens is 394 g/mol. The van der Waals surface area contributed by atoms with Crippen LogP contribution in [0.15, 0.2) is 0 Å². The van der Waals surface area contributed by atoms with Crippen molar-refractivity contribution < 1.29 is 9.90 Å². The van der Waals surface area contributed by atoms with Gasteiger partial charge < -0.3 is 10.4 Å². The fourth-order valence-electron chi connectivity index (χ4n) is 9.68. The van der Waals surface area contributed by atoms with Crippen LogP contribution in [0.2, 0.25) is 0 Å². The Morgan fingerprint density at radius 1 is 1.00 bits per heavy atom. The molecule has 4 aliphatic rings. The zero-order chi connectivity index (χ0) is 22.9. The number of ketones is 1. The number of hydrogen-bond donors (Lipinski definition) is 2. The minimum Gasteiger partial charge on any atom is -0.395 e. The molecule has 4 unspecified atom stereocenters. The molecule has 0 aromatic rings. The average molecular weight is 446 g/mol. The predicted molar refractivity (Wildman–Crippen MR) is 132 cm³/mol. The highest BCUT2D eigenvalue weighted by Gasteiger charge is 2.60. The largest absolute Gasteiger partial charge is 0.395 e. The highest BCUT2D eigenvalue weighted by Crippen LogP contribution is 2.68. The maximum absolute atomic E-state index is 12.1. The minimum absolute atomic E-state index is 0.260. The van der Waals surface area contributed by atoms with E-state index in [0.717, 1.165) is 61.8 Å². The van der Waals surface area contributed by atoms with Crippen molar-refractivity contribution in [1.82, 2.24) is 5.32 Å². The maximum Gasteiger partial charge on any atom is 0.132 e. The summed E-state index contributed by atoms with van der Waals surface area (Å²) in [4.78, 5) is 12.1. The molecule has 4 rings (SSSR count). The highest BCUT2D eigenvalue weighted by atomic mass is 16.3. The van der Waals surface area contributed by atoms with E-state index in [4.69, 9.17) is 0 Å². The van der Waals surface area contributed by atoms with E-state index in [1.165, 1.54) is 57.8 Å². The van der Waals surface area contributed by atoms with E-state index in [9.17, 15) is 9.90 Å².